The average Bonchev–Trinajstić information content (AvgIpc) is 3.26. The van der Waals surface area contributed by atoms with Crippen molar-refractivity contribution in [2.75, 3.05) is 14.2 Å². The molecule has 152 valence electrons. The molecule has 0 radical (unpaired) electrons. The van der Waals surface area contributed by atoms with Gasteiger partial charge in [-0.05, 0) is 35.9 Å². The third-order valence-electron chi connectivity index (χ3n) is 4.14. The number of hydroxylamine groups is 1. The quantitative estimate of drug-likeness (QED) is 0.569. The molecular formula is C18H18ClN5O4S. The lowest BCUT2D eigenvalue weighted by molar-refractivity contribution is -0.0258. The van der Waals surface area contributed by atoms with Gasteiger partial charge in [-0.15, -0.1) is 0 Å². The molecule has 1 heterocycles. The summed E-state index contributed by atoms with van der Waals surface area (Å²) in [4.78, 5) is 20.9. The Morgan fingerprint density at radius 3 is 2.59 bits per heavy atom. The summed E-state index contributed by atoms with van der Waals surface area (Å²) in [5.41, 5.74) is 1.87. The zero-order valence-electron chi connectivity index (χ0n) is 15.6. The third-order valence-corrected chi connectivity index (χ3v) is 6.30. The SMILES string of the molecule is CON(C)S(=O)(=O)c1cc(C(=O)NCc2ccc(-n3cncn3)cc2)ccc1Cl. The summed E-state index contributed by atoms with van der Waals surface area (Å²) in [5, 5.41) is 6.80. The summed E-state index contributed by atoms with van der Waals surface area (Å²) < 4.78 is 27.2. The van der Waals surface area contributed by atoms with Crippen LogP contribution >= 0.6 is 11.6 Å². The maximum absolute atomic E-state index is 12.5. The first-order chi connectivity index (χ1) is 13.8. The lowest BCUT2D eigenvalue weighted by Crippen LogP contribution is -2.27. The van der Waals surface area contributed by atoms with Gasteiger partial charge in [0.15, 0.2) is 0 Å². The Labute approximate surface area is 172 Å². The number of benzene rings is 2. The summed E-state index contributed by atoms with van der Waals surface area (Å²) in [6.45, 7) is 0.263. The molecule has 0 saturated carbocycles. The fourth-order valence-corrected chi connectivity index (χ4v) is 3.95. The van der Waals surface area contributed by atoms with E-state index in [1.807, 2.05) is 24.3 Å². The molecule has 9 nitrogen and oxygen atoms in total. The van der Waals surface area contributed by atoms with E-state index in [0.29, 0.717) is 4.47 Å². The highest BCUT2D eigenvalue weighted by atomic mass is 35.5. The summed E-state index contributed by atoms with van der Waals surface area (Å²) in [6, 6.07) is 11.4. The van der Waals surface area contributed by atoms with Crippen LogP contribution in [-0.2, 0) is 21.4 Å². The minimum atomic E-state index is -3.98. The molecule has 3 aromatic rings. The van der Waals surface area contributed by atoms with Crippen LogP contribution in [0.2, 0.25) is 5.02 Å². The minimum absolute atomic E-state index is 0.00542. The Hall–Kier alpha value is -2.79. The largest absolute Gasteiger partial charge is 0.348 e. The molecule has 0 bridgehead atoms. The van der Waals surface area contributed by atoms with E-state index in [1.54, 1.807) is 11.0 Å². The van der Waals surface area contributed by atoms with Gasteiger partial charge in [-0.3, -0.25) is 9.63 Å². The summed E-state index contributed by atoms with van der Waals surface area (Å²) in [7, 11) is -1.53. The van der Waals surface area contributed by atoms with Gasteiger partial charge < -0.3 is 5.32 Å². The molecule has 1 aromatic heterocycles. The second-order valence-corrected chi connectivity index (χ2v) is 8.24. The number of hydrogen-bond acceptors (Lipinski definition) is 6. The number of nitrogens with one attached hydrogen (secondary N) is 1. The summed E-state index contributed by atoms with van der Waals surface area (Å²) in [5.74, 6) is -0.432. The van der Waals surface area contributed by atoms with Gasteiger partial charge in [0.25, 0.3) is 15.9 Å². The van der Waals surface area contributed by atoms with Crippen molar-refractivity contribution in [3.63, 3.8) is 0 Å². The van der Waals surface area contributed by atoms with Crippen molar-refractivity contribution in [2.45, 2.75) is 11.4 Å². The van der Waals surface area contributed by atoms with Crippen LogP contribution in [0.25, 0.3) is 5.69 Å². The van der Waals surface area contributed by atoms with Gasteiger partial charge >= 0.3 is 0 Å². The number of nitrogens with zero attached hydrogens (tertiary/aromatic N) is 4. The van der Waals surface area contributed by atoms with E-state index in [0.717, 1.165) is 11.3 Å². The zero-order valence-corrected chi connectivity index (χ0v) is 17.2. The Kier molecular flexibility index (Phi) is 6.28. The van der Waals surface area contributed by atoms with Crippen LogP contribution in [0.5, 0.6) is 0 Å². The Morgan fingerprint density at radius 1 is 1.24 bits per heavy atom. The number of amides is 1. The number of carbonyl (C=O) groups excluding carboxylic acids is 1. The van der Waals surface area contributed by atoms with Crippen LogP contribution in [0.4, 0.5) is 0 Å². The maximum Gasteiger partial charge on any atom is 0.266 e. The second kappa shape index (κ2) is 8.70. The predicted octanol–water partition coefficient (Wildman–Crippen LogP) is 2.03. The van der Waals surface area contributed by atoms with Crippen molar-refractivity contribution in [3.05, 3.63) is 71.3 Å². The molecule has 2 aromatic carbocycles. The molecule has 3 rings (SSSR count). The Balaban J connectivity index is 1.72. The van der Waals surface area contributed by atoms with E-state index in [4.69, 9.17) is 16.4 Å². The zero-order chi connectivity index (χ0) is 21.0. The van der Waals surface area contributed by atoms with Crippen LogP contribution in [0.15, 0.2) is 60.0 Å². The van der Waals surface area contributed by atoms with Gasteiger partial charge in [0, 0.05) is 19.2 Å². The van der Waals surface area contributed by atoms with Crippen LogP contribution in [0.1, 0.15) is 15.9 Å². The van der Waals surface area contributed by atoms with Crippen LogP contribution in [-0.4, -0.2) is 47.7 Å². The highest BCUT2D eigenvalue weighted by Gasteiger charge is 2.25. The van der Waals surface area contributed by atoms with E-state index in [-0.39, 0.29) is 22.0 Å². The molecule has 29 heavy (non-hydrogen) atoms. The van der Waals surface area contributed by atoms with Crippen molar-refractivity contribution in [3.8, 4) is 5.69 Å². The molecule has 0 aliphatic rings. The van der Waals surface area contributed by atoms with E-state index >= 15 is 0 Å². The van der Waals surface area contributed by atoms with Gasteiger partial charge in [0.05, 0.1) is 17.8 Å². The third kappa shape index (κ3) is 4.62. The van der Waals surface area contributed by atoms with Crippen molar-refractivity contribution in [1.29, 1.82) is 0 Å². The smallest absolute Gasteiger partial charge is 0.266 e. The highest BCUT2D eigenvalue weighted by Crippen LogP contribution is 2.25. The monoisotopic (exact) mass is 435 g/mol. The van der Waals surface area contributed by atoms with Crippen molar-refractivity contribution >= 4 is 27.5 Å². The van der Waals surface area contributed by atoms with Gasteiger partial charge in [-0.2, -0.15) is 5.10 Å². The normalized spacial score (nSPS) is 11.6. The van der Waals surface area contributed by atoms with Crippen molar-refractivity contribution in [2.24, 2.45) is 0 Å². The molecule has 11 heteroatoms. The molecule has 1 amide bonds. The molecule has 0 fully saturated rings. The first-order valence-electron chi connectivity index (χ1n) is 8.37. The van der Waals surface area contributed by atoms with E-state index in [9.17, 15) is 13.2 Å². The number of rotatable bonds is 7. The second-order valence-electron chi connectivity index (χ2n) is 5.93. The molecule has 0 aliphatic carbocycles. The number of carbonyl (C=O) groups is 1. The van der Waals surface area contributed by atoms with Gasteiger partial charge in [-0.25, -0.2) is 18.1 Å². The molecule has 1 N–H and O–H groups in total. The van der Waals surface area contributed by atoms with Crippen LogP contribution < -0.4 is 5.32 Å². The summed E-state index contributed by atoms with van der Waals surface area (Å²) in [6.07, 6.45) is 3.03. The molecule has 0 aliphatic heterocycles. The lowest BCUT2D eigenvalue weighted by Gasteiger charge is -2.16. The van der Waals surface area contributed by atoms with Crippen LogP contribution in [0.3, 0.4) is 0 Å². The number of halogens is 1. The van der Waals surface area contributed by atoms with Crippen LogP contribution in [0, 0.1) is 0 Å². The van der Waals surface area contributed by atoms with E-state index < -0.39 is 15.9 Å². The van der Waals surface area contributed by atoms with E-state index in [1.165, 1.54) is 38.7 Å². The summed E-state index contributed by atoms with van der Waals surface area (Å²) >= 11 is 6.01. The molecule has 0 spiro atoms. The van der Waals surface area contributed by atoms with Crippen molar-refractivity contribution < 1.29 is 18.0 Å². The average molecular weight is 436 g/mol. The predicted molar refractivity (Wildman–Crippen MR) is 106 cm³/mol. The van der Waals surface area contributed by atoms with Crippen molar-refractivity contribution in [1.82, 2.24) is 24.5 Å². The fourth-order valence-electron chi connectivity index (χ4n) is 2.47. The molecular weight excluding hydrogens is 418 g/mol. The number of sulfonamides is 1. The highest BCUT2D eigenvalue weighted by molar-refractivity contribution is 7.89. The first-order valence-corrected chi connectivity index (χ1v) is 10.2. The molecule has 0 unspecified atom stereocenters. The van der Waals surface area contributed by atoms with Gasteiger partial charge in [-0.1, -0.05) is 28.2 Å². The fraction of sp³-hybridized carbons (Fsp3) is 0.167. The van der Waals surface area contributed by atoms with Gasteiger partial charge in [0.1, 0.15) is 17.6 Å². The number of hydrogen-bond donors (Lipinski definition) is 1. The standard InChI is InChI=1S/C18H18ClN5O4S/c1-23(28-2)29(26,27)17-9-14(5-8-16(17)19)18(25)21-10-13-3-6-15(7-4-13)24-12-20-11-22-24/h3-9,11-12H,10H2,1-2H3,(H,21,25). The number of aromatic nitrogens is 3. The topological polar surface area (TPSA) is 106 Å². The molecule has 0 saturated heterocycles. The van der Waals surface area contributed by atoms with Gasteiger partial charge in [0.2, 0.25) is 0 Å². The first kappa shape index (κ1) is 20.9. The lowest BCUT2D eigenvalue weighted by atomic mass is 10.2. The molecule has 0 atom stereocenters. The maximum atomic E-state index is 12.5. The Bertz CT molecular complexity index is 1100. The van der Waals surface area contributed by atoms with E-state index in [2.05, 4.69) is 15.4 Å². The Morgan fingerprint density at radius 2 is 1.97 bits per heavy atom. The minimum Gasteiger partial charge on any atom is -0.348 e.